The van der Waals surface area contributed by atoms with Crippen molar-refractivity contribution < 1.29 is 14.4 Å². The summed E-state index contributed by atoms with van der Waals surface area (Å²) in [4.78, 5) is 36.6. The van der Waals surface area contributed by atoms with Gasteiger partial charge in [-0.25, -0.2) is 0 Å². The molecule has 0 fully saturated rings. The third kappa shape index (κ3) is 2.40. The van der Waals surface area contributed by atoms with Crippen molar-refractivity contribution in [2.45, 2.75) is 0 Å². The maximum atomic E-state index is 12.2. The van der Waals surface area contributed by atoms with Crippen molar-refractivity contribution in [3.8, 4) is 0 Å². The number of benzene rings is 2. The predicted molar refractivity (Wildman–Crippen MR) is 83.6 cm³/mol. The van der Waals surface area contributed by atoms with Gasteiger partial charge in [-0.15, -0.1) is 0 Å². The van der Waals surface area contributed by atoms with Crippen LogP contribution in [-0.2, 0) is 0 Å². The van der Waals surface area contributed by atoms with Gasteiger partial charge in [-0.3, -0.25) is 19.8 Å². The van der Waals surface area contributed by atoms with Crippen LogP contribution in [0.3, 0.4) is 0 Å². The van der Waals surface area contributed by atoms with Crippen molar-refractivity contribution in [1.29, 1.82) is 0 Å². The van der Waals surface area contributed by atoms with Crippen LogP contribution in [0.2, 0.25) is 5.02 Å². The summed E-state index contributed by atoms with van der Waals surface area (Å²) in [5.41, 5.74) is 3.12. The second-order valence-electron chi connectivity index (χ2n) is 4.56. The van der Waals surface area contributed by atoms with Gasteiger partial charge >= 0.3 is 0 Å². The van der Waals surface area contributed by atoms with Crippen molar-refractivity contribution in [2.24, 2.45) is 0 Å². The van der Waals surface area contributed by atoms with E-state index in [0.29, 0.717) is 14.5 Å². The Morgan fingerprint density at radius 3 is 2.18 bits per heavy atom. The number of imide groups is 1. The van der Waals surface area contributed by atoms with Crippen LogP contribution in [0, 0.1) is 0 Å². The topological polar surface area (TPSA) is 66.5 Å². The smallest absolute Gasteiger partial charge is 0.267 e. The van der Waals surface area contributed by atoms with Gasteiger partial charge < -0.3 is 0 Å². The summed E-state index contributed by atoms with van der Waals surface area (Å²) in [5.74, 6) is -1.70. The largest absolute Gasteiger partial charge is 0.280 e. The van der Waals surface area contributed by atoms with Crippen LogP contribution in [0.4, 0.5) is 0 Å². The number of rotatable bonds is 2. The van der Waals surface area contributed by atoms with Crippen LogP contribution in [0.5, 0.6) is 0 Å². The average molecular weight is 380 g/mol. The highest BCUT2D eigenvalue weighted by atomic mass is 79.9. The normalized spacial score (nSPS) is 13.3. The van der Waals surface area contributed by atoms with E-state index in [2.05, 4.69) is 21.4 Å². The van der Waals surface area contributed by atoms with Gasteiger partial charge in [-0.05, 0) is 46.3 Å². The molecule has 3 amide bonds. The van der Waals surface area contributed by atoms with E-state index >= 15 is 0 Å². The summed E-state index contributed by atoms with van der Waals surface area (Å²) < 4.78 is 0.467. The molecule has 7 heteroatoms. The molecule has 1 N–H and O–H groups in total. The molecular weight excluding hydrogens is 372 g/mol. The standard InChI is InChI=1S/C15H8BrClN2O3/c16-12-7-8(17)5-6-11(12)13(20)18-19-14(21)9-3-1-2-4-10(9)15(19)22/h1-7H,(H,18,20). The number of hydrogen-bond donors (Lipinski definition) is 1. The number of carbonyl (C=O) groups excluding carboxylic acids is 3. The Bertz CT molecular complexity index is 787. The minimum Gasteiger partial charge on any atom is -0.267 e. The van der Waals surface area contributed by atoms with Gasteiger partial charge in [0.05, 0.1) is 16.7 Å². The van der Waals surface area contributed by atoms with E-state index in [1.807, 2.05) is 0 Å². The predicted octanol–water partition coefficient (Wildman–Crippen LogP) is 3.04. The Morgan fingerprint density at radius 1 is 1.05 bits per heavy atom. The molecule has 0 saturated heterocycles. The highest BCUT2D eigenvalue weighted by Crippen LogP contribution is 2.23. The lowest BCUT2D eigenvalue weighted by molar-refractivity contribution is 0.0518. The summed E-state index contributed by atoms with van der Waals surface area (Å²) in [7, 11) is 0. The summed E-state index contributed by atoms with van der Waals surface area (Å²) in [6, 6.07) is 11.0. The Kier molecular flexibility index (Phi) is 3.72. The molecule has 0 unspecified atom stereocenters. The molecule has 0 aliphatic carbocycles. The summed E-state index contributed by atoms with van der Waals surface area (Å²) >= 11 is 9.04. The van der Waals surface area contributed by atoms with Crippen LogP contribution >= 0.6 is 27.5 Å². The van der Waals surface area contributed by atoms with Gasteiger partial charge in [0.2, 0.25) is 0 Å². The molecule has 3 rings (SSSR count). The molecule has 0 saturated carbocycles. The minimum absolute atomic E-state index is 0.265. The second-order valence-corrected chi connectivity index (χ2v) is 5.85. The minimum atomic E-state index is -0.585. The Labute approximate surface area is 139 Å². The Balaban J connectivity index is 1.87. The number of amides is 3. The molecule has 110 valence electrons. The molecule has 2 aromatic rings. The fourth-order valence-corrected chi connectivity index (χ4v) is 2.99. The number of carbonyl (C=O) groups is 3. The third-order valence-electron chi connectivity index (χ3n) is 3.18. The Morgan fingerprint density at radius 2 is 1.64 bits per heavy atom. The second kappa shape index (κ2) is 5.55. The van der Waals surface area contributed by atoms with E-state index in [9.17, 15) is 14.4 Å². The molecule has 0 aromatic heterocycles. The fraction of sp³-hybridized carbons (Fsp3) is 0. The first-order valence-corrected chi connectivity index (χ1v) is 7.40. The summed E-state index contributed by atoms with van der Waals surface area (Å²) in [6.07, 6.45) is 0. The van der Waals surface area contributed by atoms with Crippen LogP contribution < -0.4 is 5.43 Å². The zero-order chi connectivity index (χ0) is 15.9. The zero-order valence-electron chi connectivity index (χ0n) is 11.0. The number of hydrazine groups is 1. The number of halogens is 2. The molecule has 0 bridgehead atoms. The number of fused-ring (bicyclic) bond motifs is 1. The SMILES string of the molecule is O=C(NN1C(=O)c2ccccc2C1=O)c1ccc(Cl)cc1Br. The van der Waals surface area contributed by atoms with Crippen molar-refractivity contribution in [1.82, 2.24) is 10.4 Å². The van der Waals surface area contributed by atoms with E-state index in [0.717, 1.165) is 0 Å². The lowest BCUT2D eigenvalue weighted by atomic mass is 10.1. The lowest BCUT2D eigenvalue weighted by Crippen LogP contribution is -2.45. The van der Waals surface area contributed by atoms with E-state index in [4.69, 9.17) is 11.6 Å². The molecule has 1 heterocycles. The quantitative estimate of drug-likeness (QED) is 0.816. The average Bonchev–Trinajstić information content (AvgIpc) is 2.73. The van der Waals surface area contributed by atoms with Gasteiger partial charge in [0.25, 0.3) is 17.7 Å². The number of nitrogens with one attached hydrogen (secondary N) is 1. The molecule has 0 atom stereocenters. The Hall–Kier alpha value is -2.18. The zero-order valence-corrected chi connectivity index (χ0v) is 13.3. The molecule has 0 radical (unpaired) electrons. The van der Waals surface area contributed by atoms with Gasteiger partial charge in [-0.2, -0.15) is 5.01 Å². The lowest BCUT2D eigenvalue weighted by Gasteiger charge is -2.15. The molecule has 1 aliphatic rings. The van der Waals surface area contributed by atoms with E-state index in [1.165, 1.54) is 6.07 Å². The first-order valence-electron chi connectivity index (χ1n) is 6.23. The molecule has 1 aliphatic heterocycles. The third-order valence-corrected chi connectivity index (χ3v) is 4.07. The fourth-order valence-electron chi connectivity index (χ4n) is 2.13. The van der Waals surface area contributed by atoms with Crippen LogP contribution in [0.15, 0.2) is 46.9 Å². The number of hydrogen-bond acceptors (Lipinski definition) is 3. The van der Waals surface area contributed by atoms with Gasteiger partial charge in [0.15, 0.2) is 0 Å². The van der Waals surface area contributed by atoms with Crippen molar-refractivity contribution in [3.63, 3.8) is 0 Å². The van der Waals surface area contributed by atoms with E-state index in [-0.39, 0.29) is 16.7 Å². The maximum Gasteiger partial charge on any atom is 0.280 e. The summed E-state index contributed by atoms with van der Waals surface area (Å²) in [6.45, 7) is 0. The van der Waals surface area contributed by atoms with Gasteiger partial charge in [-0.1, -0.05) is 23.7 Å². The first-order chi connectivity index (χ1) is 10.5. The van der Waals surface area contributed by atoms with Crippen LogP contribution in [0.25, 0.3) is 0 Å². The molecule has 22 heavy (non-hydrogen) atoms. The highest BCUT2D eigenvalue weighted by molar-refractivity contribution is 9.10. The van der Waals surface area contributed by atoms with Gasteiger partial charge in [0.1, 0.15) is 0 Å². The van der Waals surface area contributed by atoms with Crippen LogP contribution in [-0.4, -0.2) is 22.7 Å². The van der Waals surface area contributed by atoms with E-state index < -0.39 is 17.7 Å². The van der Waals surface area contributed by atoms with Crippen molar-refractivity contribution >= 4 is 45.3 Å². The van der Waals surface area contributed by atoms with E-state index in [1.54, 1.807) is 36.4 Å². The molecule has 0 spiro atoms. The van der Waals surface area contributed by atoms with Gasteiger partial charge in [0, 0.05) is 9.50 Å². The van der Waals surface area contributed by atoms with Crippen LogP contribution in [0.1, 0.15) is 31.1 Å². The molecule has 2 aromatic carbocycles. The molecule has 5 nitrogen and oxygen atoms in total. The first kappa shape index (κ1) is 14.7. The molecular formula is C15H8BrClN2O3. The monoisotopic (exact) mass is 378 g/mol. The number of nitrogens with zero attached hydrogens (tertiary/aromatic N) is 1. The summed E-state index contributed by atoms with van der Waals surface area (Å²) in [5, 5.41) is 1.18. The maximum absolute atomic E-state index is 12.2. The van der Waals surface area contributed by atoms with Crippen molar-refractivity contribution in [2.75, 3.05) is 0 Å². The highest BCUT2D eigenvalue weighted by Gasteiger charge is 2.36. The van der Waals surface area contributed by atoms with Crippen molar-refractivity contribution in [3.05, 3.63) is 68.7 Å².